The van der Waals surface area contributed by atoms with Crippen molar-refractivity contribution in [1.82, 2.24) is 5.32 Å². The van der Waals surface area contributed by atoms with E-state index in [4.69, 9.17) is 0 Å². The summed E-state index contributed by atoms with van der Waals surface area (Å²) in [5.74, 6) is -2.10. The average Bonchev–Trinajstić information content (AvgIpc) is 2.81. The molecule has 1 atom stereocenters. The fraction of sp³-hybridized carbons (Fsp3) is 0.190. The molecule has 1 heterocycles. The van der Waals surface area contributed by atoms with Crippen LogP contribution >= 0.6 is 12.6 Å². The lowest BCUT2D eigenvalue weighted by atomic mass is 10.1. The van der Waals surface area contributed by atoms with Gasteiger partial charge in [0.2, 0.25) is 5.91 Å². The average molecular weight is 396 g/mol. The van der Waals surface area contributed by atoms with Crippen molar-refractivity contribution in [2.45, 2.75) is 18.1 Å². The zero-order valence-electron chi connectivity index (χ0n) is 15.0. The standard InChI is InChI=1S/C21H20N2O4S/c24-19(25)13-23-17-9-5-4-8-15(17)10-11-16(21(23)27)22-20(26)18(28)12-14-6-2-1-3-7-14/h1-9,11,18,28H,10,12-13H2,(H,22,26)(H,24,25)/t18-/m0/s1. The molecule has 3 rings (SSSR count). The Morgan fingerprint density at radius 3 is 2.50 bits per heavy atom. The van der Waals surface area contributed by atoms with E-state index in [-0.39, 0.29) is 5.70 Å². The SMILES string of the molecule is O=C(O)CN1C(=O)C(NC(=O)[C@@H](S)Cc2ccccc2)=CCc2ccccc21. The first kappa shape index (κ1) is 19.7. The number of rotatable bonds is 6. The summed E-state index contributed by atoms with van der Waals surface area (Å²) < 4.78 is 0. The molecule has 7 heteroatoms. The van der Waals surface area contributed by atoms with Crippen molar-refractivity contribution in [3.63, 3.8) is 0 Å². The van der Waals surface area contributed by atoms with Gasteiger partial charge in [-0.25, -0.2) is 0 Å². The molecule has 2 aromatic rings. The molecule has 6 nitrogen and oxygen atoms in total. The van der Waals surface area contributed by atoms with Crippen LogP contribution in [0.1, 0.15) is 11.1 Å². The Labute approximate surface area is 168 Å². The molecule has 2 N–H and O–H groups in total. The van der Waals surface area contributed by atoms with E-state index in [9.17, 15) is 19.5 Å². The zero-order chi connectivity index (χ0) is 20.1. The number of nitrogens with zero attached hydrogens (tertiary/aromatic N) is 1. The van der Waals surface area contributed by atoms with Gasteiger partial charge in [0.25, 0.3) is 5.91 Å². The maximum atomic E-state index is 12.9. The number of benzene rings is 2. The third-order valence-corrected chi connectivity index (χ3v) is 4.83. The zero-order valence-corrected chi connectivity index (χ0v) is 15.9. The van der Waals surface area contributed by atoms with Crippen LogP contribution < -0.4 is 10.2 Å². The van der Waals surface area contributed by atoms with Crippen LogP contribution in [0.4, 0.5) is 5.69 Å². The highest BCUT2D eigenvalue weighted by molar-refractivity contribution is 7.81. The summed E-state index contributed by atoms with van der Waals surface area (Å²) in [6.45, 7) is -0.489. The normalized spacial score (nSPS) is 14.5. The quantitative estimate of drug-likeness (QED) is 0.654. The lowest BCUT2D eigenvalue weighted by Gasteiger charge is -2.23. The summed E-state index contributed by atoms with van der Waals surface area (Å²) in [5, 5.41) is 11.2. The molecule has 1 aliphatic rings. The molecule has 0 bridgehead atoms. The fourth-order valence-electron chi connectivity index (χ4n) is 3.04. The largest absolute Gasteiger partial charge is 0.480 e. The van der Waals surface area contributed by atoms with E-state index >= 15 is 0 Å². The van der Waals surface area contributed by atoms with E-state index in [0.717, 1.165) is 11.1 Å². The van der Waals surface area contributed by atoms with Crippen molar-refractivity contribution in [2.24, 2.45) is 0 Å². The summed E-state index contributed by atoms with van der Waals surface area (Å²) in [6.07, 6.45) is 2.43. The van der Waals surface area contributed by atoms with E-state index in [1.54, 1.807) is 18.2 Å². The second-order valence-electron chi connectivity index (χ2n) is 6.43. The first-order valence-corrected chi connectivity index (χ1v) is 9.32. The van der Waals surface area contributed by atoms with Crippen molar-refractivity contribution >= 4 is 36.1 Å². The molecule has 0 aliphatic carbocycles. The Hall–Kier alpha value is -3.06. The van der Waals surface area contributed by atoms with Gasteiger partial charge in [0.1, 0.15) is 12.2 Å². The number of carbonyl (C=O) groups is 3. The van der Waals surface area contributed by atoms with Crippen molar-refractivity contribution in [3.05, 3.63) is 77.5 Å². The molecule has 1 aliphatic heterocycles. The van der Waals surface area contributed by atoms with Crippen LogP contribution in [0, 0.1) is 0 Å². The minimum atomic E-state index is -1.13. The van der Waals surface area contributed by atoms with E-state index in [1.807, 2.05) is 42.5 Å². The maximum absolute atomic E-state index is 12.9. The van der Waals surface area contributed by atoms with E-state index in [2.05, 4.69) is 17.9 Å². The van der Waals surface area contributed by atoms with Crippen LogP contribution in [0.15, 0.2) is 66.4 Å². The van der Waals surface area contributed by atoms with Gasteiger partial charge in [-0.1, -0.05) is 54.6 Å². The third kappa shape index (κ3) is 4.61. The van der Waals surface area contributed by atoms with Crippen molar-refractivity contribution < 1.29 is 19.5 Å². The summed E-state index contributed by atoms with van der Waals surface area (Å²) in [7, 11) is 0. The van der Waals surface area contributed by atoms with Gasteiger partial charge in [0.05, 0.1) is 5.25 Å². The van der Waals surface area contributed by atoms with Crippen molar-refractivity contribution in [3.8, 4) is 0 Å². The lowest BCUT2D eigenvalue weighted by molar-refractivity contribution is -0.136. The number of allylic oxidation sites excluding steroid dienone is 1. The Balaban J connectivity index is 1.78. The molecule has 0 radical (unpaired) electrons. The van der Waals surface area contributed by atoms with Crippen molar-refractivity contribution in [2.75, 3.05) is 11.4 Å². The monoisotopic (exact) mass is 396 g/mol. The van der Waals surface area contributed by atoms with Gasteiger partial charge in [-0.2, -0.15) is 12.6 Å². The highest BCUT2D eigenvalue weighted by atomic mass is 32.1. The van der Waals surface area contributed by atoms with Crippen LogP contribution in [-0.4, -0.2) is 34.7 Å². The van der Waals surface area contributed by atoms with Crippen LogP contribution in [0.25, 0.3) is 0 Å². The Morgan fingerprint density at radius 1 is 1.11 bits per heavy atom. The molecule has 0 spiro atoms. The molecule has 0 saturated carbocycles. The minimum absolute atomic E-state index is 0.0644. The van der Waals surface area contributed by atoms with E-state index < -0.39 is 29.6 Å². The Bertz CT molecular complexity index is 927. The van der Waals surface area contributed by atoms with Crippen molar-refractivity contribution in [1.29, 1.82) is 0 Å². The van der Waals surface area contributed by atoms with Gasteiger partial charge in [-0.05, 0) is 30.0 Å². The maximum Gasteiger partial charge on any atom is 0.323 e. The molecular weight excluding hydrogens is 376 g/mol. The van der Waals surface area contributed by atoms with Gasteiger partial charge in [0.15, 0.2) is 0 Å². The predicted octanol–water partition coefficient (Wildman–Crippen LogP) is 2.20. The number of fused-ring (bicyclic) bond motifs is 1. The second kappa shape index (κ2) is 8.75. The number of nitrogens with one attached hydrogen (secondary N) is 1. The first-order valence-electron chi connectivity index (χ1n) is 8.80. The van der Waals surface area contributed by atoms with E-state index in [0.29, 0.717) is 18.5 Å². The second-order valence-corrected chi connectivity index (χ2v) is 7.05. The summed E-state index contributed by atoms with van der Waals surface area (Å²) in [5.41, 5.74) is 2.36. The molecule has 28 heavy (non-hydrogen) atoms. The van der Waals surface area contributed by atoms with E-state index in [1.165, 1.54) is 4.90 Å². The lowest BCUT2D eigenvalue weighted by Crippen LogP contribution is -2.42. The number of amides is 2. The number of carboxylic acids is 1. The predicted molar refractivity (Wildman–Crippen MR) is 109 cm³/mol. The third-order valence-electron chi connectivity index (χ3n) is 4.41. The molecule has 0 aromatic heterocycles. The fourth-order valence-corrected chi connectivity index (χ4v) is 3.32. The van der Waals surface area contributed by atoms with Crippen LogP contribution in [0.2, 0.25) is 0 Å². The van der Waals surface area contributed by atoms with Gasteiger partial charge in [-0.3, -0.25) is 19.3 Å². The highest BCUT2D eigenvalue weighted by Gasteiger charge is 2.28. The molecule has 144 valence electrons. The molecule has 0 saturated heterocycles. The number of anilines is 1. The van der Waals surface area contributed by atoms with Gasteiger partial charge >= 0.3 is 5.97 Å². The van der Waals surface area contributed by atoms with Crippen LogP contribution in [0.5, 0.6) is 0 Å². The topological polar surface area (TPSA) is 86.7 Å². The Kier molecular flexibility index (Phi) is 6.16. The van der Waals surface area contributed by atoms with Gasteiger partial charge in [-0.15, -0.1) is 0 Å². The molecule has 2 aromatic carbocycles. The van der Waals surface area contributed by atoms with Gasteiger partial charge < -0.3 is 10.4 Å². The Morgan fingerprint density at radius 2 is 1.79 bits per heavy atom. The smallest absolute Gasteiger partial charge is 0.323 e. The molecule has 0 unspecified atom stereocenters. The minimum Gasteiger partial charge on any atom is -0.480 e. The van der Waals surface area contributed by atoms with Crippen LogP contribution in [-0.2, 0) is 27.2 Å². The summed E-state index contributed by atoms with van der Waals surface area (Å²) in [6, 6.07) is 16.5. The van der Waals surface area contributed by atoms with Crippen LogP contribution in [0.3, 0.4) is 0 Å². The number of thiol groups is 1. The number of carboxylic acid groups (broad SMARTS) is 1. The molecular formula is C21H20N2O4S. The molecule has 0 fully saturated rings. The number of hydrogen-bond donors (Lipinski definition) is 3. The summed E-state index contributed by atoms with van der Waals surface area (Å²) >= 11 is 4.36. The summed E-state index contributed by atoms with van der Waals surface area (Å²) in [4.78, 5) is 37.9. The van der Waals surface area contributed by atoms with Gasteiger partial charge in [0, 0.05) is 5.69 Å². The number of aliphatic carboxylic acids is 1. The number of hydrogen-bond acceptors (Lipinski definition) is 4. The number of para-hydroxylation sites is 1. The first-order chi connectivity index (χ1) is 13.5. The highest BCUT2D eigenvalue weighted by Crippen LogP contribution is 2.26. The molecule has 2 amide bonds. The number of carbonyl (C=O) groups excluding carboxylic acids is 2.